The molecule has 310 valence electrons. The fraction of sp³-hybridized carbons (Fsp3) is 0.0769. The normalized spacial score (nSPS) is 16.2. The summed E-state index contributed by atoms with van der Waals surface area (Å²) in [5.74, 6) is -0.00917. The highest BCUT2D eigenvalue weighted by atomic mass is 15.0. The minimum Gasteiger partial charge on any atom is -0.309 e. The van der Waals surface area contributed by atoms with Gasteiger partial charge in [-0.25, -0.2) is 0 Å². The van der Waals surface area contributed by atoms with Crippen LogP contribution in [0.4, 0.5) is 0 Å². The molecule has 0 fully saturated rings. The molecule has 10 aromatic carbocycles. The lowest BCUT2D eigenvalue weighted by Crippen LogP contribution is -2.34. The molecule has 66 heavy (non-hydrogen) atoms. The molecule has 11 aromatic rings. The van der Waals surface area contributed by atoms with Crippen molar-refractivity contribution in [3.05, 3.63) is 281 Å². The van der Waals surface area contributed by atoms with Gasteiger partial charge in [0.1, 0.15) is 0 Å². The first-order chi connectivity index (χ1) is 32.5. The van der Waals surface area contributed by atoms with E-state index in [1.165, 1.54) is 122 Å². The quantitative estimate of drug-likeness (QED) is 0.152. The van der Waals surface area contributed by atoms with Crippen molar-refractivity contribution in [1.29, 1.82) is 0 Å². The van der Waals surface area contributed by atoms with Crippen LogP contribution in [0.5, 0.6) is 0 Å². The van der Waals surface area contributed by atoms with E-state index in [-0.39, 0.29) is 11.3 Å². The van der Waals surface area contributed by atoms with E-state index in [0.29, 0.717) is 0 Å². The first kappa shape index (κ1) is 37.4. The van der Waals surface area contributed by atoms with Gasteiger partial charge in [-0.1, -0.05) is 226 Å². The Kier molecular flexibility index (Phi) is 7.79. The summed E-state index contributed by atoms with van der Waals surface area (Å²) in [4.78, 5) is 0. The van der Waals surface area contributed by atoms with Crippen LogP contribution in [0.15, 0.2) is 231 Å². The Bertz CT molecular complexity index is 3790. The lowest BCUT2D eigenvalue weighted by Gasteiger charge is -2.40. The fourth-order valence-electron chi connectivity index (χ4n) is 12.8. The smallest absolute Gasteiger partial charge is 0.0760 e. The molecule has 1 heteroatoms. The van der Waals surface area contributed by atoms with E-state index in [1.807, 2.05) is 0 Å². The summed E-state index contributed by atoms with van der Waals surface area (Å²) >= 11 is 0. The molecule has 0 saturated carbocycles. The summed E-state index contributed by atoms with van der Waals surface area (Å²) in [6.45, 7) is 4.73. The maximum absolute atomic E-state index is 2.54. The van der Waals surface area contributed by atoms with E-state index in [2.05, 4.69) is 249 Å². The van der Waals surface area contributed by atoms with Gasteiger partial charge in [0.05, 0.1) is 22.1 Å². The van der Waals surface area contributed by atoms with Gasteiger partial charge in [-0.2, -0.15) is 0 Å². The summed E-state index contributed by atoms with van der Waals surface area (Å²) in [6, 6.07) is 87.2. The average molecular weight is 840 g/mol. The molecule has 0 bridgehead atoms. The van der Waals surface area contributed by atoms with Crippen molar-refractivity contribution in [2.45, 2.75) is 30.6 Å². The van der Waals surface area contributed by atoms with Crippen molar-refractivity contribution >= 4 is 21.8 Å². The molecule has 3 aliphatic rings. The van der Waals surface area contributed by atoms with Crippen LogP contribution in [-0.2, 0) is 10.8 Å². The van der Waals surface area contributed by atoms with Crippen molar-refractivity contribution in [1.82, 2.24) is 4.57 Å². The minimum absolute atomic E-state index is 0.00917. The van der Waals surface area contributed by atoms with Crippen LogP contribution in [0.2, 0.25) is 0 Å². The molecule has 1 nitrogen and oxygen atoms in total. The number of nitrogens with zero attached hydrogens (tertiary/aromatic N) is 1. The van der Waals surface area contributed by atoms with Gasteiger partial charge < -0.3 is 4.57 Å². The molecule has 1 aromatic heterocycles. The van der Waals surface area contributed by atoms with Crippen LogP contribution >= 0.6 is 0 Å². The number of benzene rings is 10. The molecule has 1 spiro atoms. The Morgan fingerprint density at radius 2 is 0.909 bits per heavy atom. The lowest BCUT2D eigenvalue weighted by molar-refractivity contribution is 0.660. The van der Waals surface area contributed by atoms with Gasteiger partial charge in [0.15, 0.2) is 0 Å². The Morgan fingerprint density at radius 1 is 0.364 bits per heavy atom. The van der Waals surface area contributed by atoms with Gasteiger partial charge in [0.25, 0.3) is 0 Å². The summed E-state index contributed by atoms with van der Waals surface area (Å²) in [5, 5.41) is 2.58. The molecule has 2 aliphatic carbocycles. The highest BCUT2D eigenvalue weighted by Gasteiger charge is 2.52. The van der Waals surface area contributed by atoms with E-state index in [9.17, 15) is 0 Å². The number of fused-ring (bicyclic) bond motifs is 15. The van der Waals surface area contributed by atoms with Crippen LogP contribution in [0.3, 0.4) is 0 Å². The summed E-state index contributed by atoms with van der Waals surface area (Å²) in [5.41, 5.74) is 25.5. The van der Waals surface area contributed by atoms with Crippen molar-refractivity contribution in [2.24, 2.45) is 0 Å². The molecule has 2 heterocycles. The summed E-state index contributed by atoms with van der Waals surface area (Å²) in [7, 11) is 0. The van der Waals surface area contributed by atoms with Gasteiger partial charge in [-0.3, -0.25) is 0 Å². The Morgan fingerprint density at radius 3 is 1.73 bits per heavy atom. The second-order valence-corrected chi connectivity index (χ2v) is 19.1. The monoisotopic (exact) mass is 839 g/mol. The van der Waals surface area contributed by atoms with Crippen LogP contribution in [0.1, 0.15) is 69.8 Å². The third-order valence-corrected chi connectivity index (χ3v) is 15.6. The molecule has 14 rings (SSSR count). The lowest BCUT2D eigenvalue weighted by atomic mass is 9.63. The van der Waals surface area contributed by atoms with Crippen LogP contribution in [-0.4, -0.2) is 4.57 Å². The van der Waals surface area contributed by atoms with Gasteiger partial charge in [-0.05, 0) is 113 Å². The Hall–Kier alpha value is -8.00. The highest BCUT2D eigenvalue weighted by Crippen LogP contribution is 2.63. The van der Waals surface area contributed by atoms with Crippen molar-refractivity contribution in [3.63, 3.8) is 0 Å². The third-order valence-electron chi connectivity index (χ3n) is 15.6. The maximum atomic E-state index is 2.54. The van der Waals surface area contributed by atoms with Crippen molar-refractivity contribution in [2.75, 3.05) is 0 Å². The van der Waals surface area contributed by atoms with Crippen molar-refractivity contribution < 1.29 is 0 Å². The summed E-state index contributed by atoms with van der Waals surface area (Å²) in [6.07, 6.45) is 0. The van der Waals surface area contributed by atoms with Crippen LogP contribution < -0.4 is 0 Å². The predicted molar refractivity (Wildman–Crippen MR) is 274 cm³/mol. The molecule has 0 radical (unpaired) electrons. The topological polar surface area (TPSA) is 4.93 Å². The average Bonchev–Trinajstić information content (AvgIpc) is 3.96. The standard InChI is InChI=1S/C65H45N/c1-64(2)54-28-11-8-21-46(54)48-39-38-44(40-58(48)64)41-34-36-43(37-35-41)61(42-18-4-3-5-19-42)50-24-7-6-20-45(50)51-25-16-26-52-47-22-9-12-29-55(47)65(62(51)52)56-30-13-15-33-60(56)66-59-32-14-10-23-49(59)53-27-17-31-57(65)63(53)66/h3-40,61H,1-2H3. The van der Waals surface area contributed by atoms with Crippen LogP contribution in [0, 0.1) is 0 Å². The molecular formula is C65H45N. The van der Waals surface area contributed by atoms with E-state index < -0.39 is 5.41 Å². The SMILES string of the molecule is CC1(C)c2ccccc2-c2ccc(-c3ccc(C(c4ccccc4)c4ccccc4-c4cccc5c4C4(c6ccccc6-5)c5ccccc5-n5c6ccccc6c6cccc4c65)cc3)cc21. The first-order valence-corrected chi connectivity index (χ1v) is 23.4. The zero-order valence-electron chi connectivity index (χ0n) is 37.0. The number of para-hydroxylation sites is 3. The third kappa shape index (κ3) is 4.90. The van der Waals surface area contributed by atoms with E-state index in [4.69, 9.17) is 0 Å². The second-order valence-electron chi connectivity index (χ2n) is 19.1. The predicted octanol–water partition coefficient (Wildman–Crippen LogP) is 16.3. The fourth-order valence-corrected chi connectivity index (χ4v) is 12.8. The van der Waals surface area contributed by atoms with Crippen LogP contribution in [0.25, 0.3) is 72.0 Å². The molecule has 2 atom stereocenters. The summed E-state index contributed by atoms with van der Waals surface area (Å²) < 4.78 is 2.54. The Balaban J connectivity index is 0.980. The molecule has 0 saturated heterocycles. The zero-order chi connectivity index (χ0) is 43.7. The Labute approximate surface area is 385 Å². The largest absolute Gasteiger partial charge is 0.309 e. The number of rotatable bonds is 5. The molecule has 0 N–H and O–H groups in total. The number of hydrogen-bond acceptors (Lipinski definition) is 0. The van der Waals surface area contributed by atoms with Gasteiger partial charge in [-0.15, -0.1) is 0 Å². The van der Waals surface area contributed by atoms with Gasteiger partial charge >= 0.3 is 0 Å². The van der Waals surface area contributed by atoms with Gasteiger partial charge in [0.2, 0.25) is 0 Å². The minimum atomic E-state index is -0.564. The van der Waals surface area contributed by atoms with E-state index in [1.54, 1.807) is 0 Å². The highest BCUT2D eigenvalue weighted by molar-refractivity contribution is 6.13. The first-order valence-electron chi connectivity index (χ1n) is 23.4. The molecule has 0 amide bonds. The number of hydrogen-bond donors (Lipinski definition) is 0. The molecule has 1 aliphatic heterocycles. The van der Waals surface area contributed by atoms with E-state index >= 15 is 0 Å². The van der Waals surface area contributed by atoms with E-state index in [0.717, 1.165) is 0 Å². The molecule has 2 unspecified atom stereocenters. The molecular weight excluding hydrogens is 795 g/mol. The van der Waals surface area contributed by atoms with Crippen molar-refractivity contribution in [3.8, 4) is 50.2 Å². The second kappa shape index (κ2) is 13.8. The zero-order valence-corrected chi connectivity index (χ0v) is 37.0. The maximum Gasteiger partial charge on any atom is 0.0760 e. The number of aromatic nitrogens is 1. The van der Waals surface area contributed by atoms with Gasteiger partial charge in [0, 0.05) is 22.1 Å².